The molecule has 0 radical (unpaired) electrons. The van der Waals surface area contributed by atoms with Gasteiger partial charge in [-0.1, -0.05) is 12.1 Å². The van der Waals surface area contributed by atoms with Gasteiger partial charge >= 0.3 is 0 Å². The largest absolute Gasteiger partial charge is 0.216 e. The fraction of sp³-hybridized carbons (Fsp3) is 0. The lowest BCUT2D eigenvalue weighted by atomic mass is 10.2. The first-order valence-electron chi connectivity index (χ1n) is 3.86. The van der Waals surface area contributed by atoms with E-state index in [9.17, 15) is 4.39 Å². The molecular weight excluding hydrogens is 249 g/mol. The van der Waals surface area contributed by atoms with Gasteiger partial charge in [-0.3, -0.25) is 0 Å². The van der Waals surface area contributed by atoms with E-state index in [2.05, 4.69) is 30.9 Å². The Bertz CT molecular complexity index is 418. The van der Waals surface area contributed by atoms with Crippen LogP contribution < -0.4 is 0 Å². The molecule has 0 atom stereocenters. The number of hydrogen-bond acceptors (Lipinski definition) is 3. The van der Waals surface area contributed by atoms with E-state index in [0.29, 0.717) is 16.1 Å². The smallest absolute Gasteiger partial charge is 0.200 e. The van der Waals surface area contributed by atoms with Crippen LogP contribution in [0.3, 0.4) is 0 Å². The highest BCUT2D eigenvalue weighted by atomic mass is 79.9. The Kier molecular flexibility index (Phi) is 2.49. The van der Waals surface area contributed by atoms with Crippen LogP contribution in [0.2, 0.25) is 0 Å². The third-order valence-corrected chi connectivity index (χ3v) is 2.01. The molecule has 0 N–H and O–H groups in total. The molecule has 1 aromatic carbocycles. The molecule has 0 unspecified atom stereocenters. The summed E-state index contributed by atoms with van der Waals surface area (Å²) in [6, 6.07) is 6.11. The number of aromatic nitrogens is 3. The van der Waals surface area contributed by atoms with Crippen molar-refractivity contribution in [3.8, 4) is 11.4 Å². The predicted octanol–water partition coefficient (Wildman–Crippen LogP) is 2.44. The summed E-state index contributed by atoms with van der Waals surface area (Å²) in [5, 5.41) is 0. The summed E-state index contributed by atoms with van der Waals surface area (Å²) in [7, 11) is 0. The van der Waals surface area contributed by atoms with Crippen molar-refractivity contribution in [3.05, 3.63) is 41.1 Å². The quantitative estimate of drug-likeness (QED) is 0.784. The van der Waals surface area contributed by atoms with Crippen molar-refractivity contribution < 1.29 is 4.39 Å². The van der Waals surface area contributed by atoms with Crippen LogP contribution in [0.25, 0.3) is 11.4 Å². The van der Waals surface area contributed by atoms with E-state index in [1.807, 2.05) is 0 Å². The maximum absolute atomic E-state index is 12.9. The fourth-order valence-electron chi connectivity index (χ4n) is 1.04. The summed E-state index contributed by atoms with van der Waals surface area (Å²) in [5.41, 5.74) is 0.633. The van der Waals surface area contributed by atoms with Crippen molar-refractivity contribution in [2.45, 2.75) is 0 Å². The summed E-state index contributed by atoms with van der Waals surface area (Å²) in [4.78, 5) is 11.7. The molecule has 1 heterocycles. The van der Waals surface area contributed by atoms with E-state index >= 15 is 0 Å². The summed E-state index contributed by atoms with van der Waals surface area (Å²) >= 11 is 3.12. The lowest BCUT2D eigenvalue weighted by Crippen LogP contribution is -1.91. The van der Waals surface area contributed by atoms with Crippen molar-refractivity contribution in [2.75, 3.05) is 0 Å². The van der Waals surface area contributed by atoms with Crippen molar-refractivity contribution in [1.29, 1.82) is 0 Å². The molecule has 5 heteroatoms. The van der Waals surface area contributed by atoms with Crippen molar-refractivity contribution >= 4 is 15.9 Å². The van der Waals surface area contributed by atoms with Crippen LogP contribution in [0.15, 0.2) is 35.3 Å². The summed E-state index contributed by atoms with van der Waals surface area (Å²) in [5.74, 6) is 0.144. The van der Waals surface area contributed by atoms with Crippen LogP contribution in [-0.2, 0) is 0 Å². The average molecular weight is 254 g/mol. The first-order valence-corrected chi connectivity index (χ1v) is 4.65. The van der Waals surface area contributed by atoms with Gasteiger partial charge in [0.25, 0.3) is 0 Å². The fourth-order valence-corrected chi connectivity index (χ4v) is 1.30. The Morgan fingerprint density at radius 1 is 1.21 bits per heavy atom. The minimum atomic E-state index is -0.306. The monoisotopic (exact) mass is 253 g/mol. The number of benzene rings is 1. The van der Waals surface area contributed by atoms with Gasteiger partial charge in [0.1, 0.15) is 12.1 Å². The van der Waals surface area contributed by atoms with Crippen LogP contribution in [0.1, 0.15) is 0 Å². The number of rotatable bonds is 1. The minimum Gasteiger partial charge on any atom is -0.216 e. The van der Waals surface area contributed by atoms with E-state index in [0.717, 1.165) is 0 Å². The van der Waals surface area contributed by atoms with Gasteiger partial charge in [0.2, 0.25) is 0 Å². The molecular formula is C9H5BrFN3. The first kappa shape index (κ1) is 9.21. The SMILES string of the molecule is Fc1cccc(-c2ncnc(Br)n2)c1. The third kappa shape index (κ3) is 1.93. The highest BCUT2D eigenvalue weighted by molar-refractivity contribution is 9.10. The lowest BCUT2D eigenvalue weighted by molar-refractivity contribution is 0.628. The van der Waals surface area contributed by atoms with Crippen LogP contribution in [0.5, 0.6) is 0 Å². The number of halogens is 2. The highest BCUT2D eigenvalue weighted by Gasteiger charge is 2.02. The molecule has 0 saturated carbocycles. The van der Waals surface area contributed by atoms with Gasteiger partial charge in [0, 0.05) is 5.56 Å². The molecule has 0 saturated heterocycles. The Labute approximate surface area is 88.2 Å². The lowest BCUT2D eigenvalue weighted by Gasteiger charge is -1.98. The second-order valence-electron chi connectivity index (χ2n) is 2.59. The molecule has 2 aromatic rings. The molecule has 14 heavy (non-hydrogen) atoms. The van der Waals surface area contributed by atoms with Crippen LogP contribution in [-0.4, -0.2) is 15.0 Å². The van der Waals surface area contributed by atoms with Crippen molar-refractivity contribution in [1.82, 2.24) is 15.0 Å². The second-order valence-corrected chi connectivity index (χ2v) is 3.30. The summed E-state index contributed by atoms with van der Waals surface area (Å²) in [6.07, 6.45) is 1.37. The zero-order chi connectivity index (χ0) is 9.97. The minimum absolute atomic E-state index is 0.306. The van der Waals surface area contributed by atoms with Gasteiger partial charge in [0.15, 0.2) is 10.6 Å². The molecule has 0 amide bonds. The molecule has 0 fully saturated rings. The molecule has 0 aliphatic heterocycles. The summed E-state index contributed by atoms with van der Waals surface area (Å²) < 4.78 is 13.3. The van der Waals surface area contributed by atoms with Gasteiger partial charge in [-0.25, -0.2) is 19.3 Å². The standard InChI is InChI=1S/C9H5BrFN3/c10-9-13-5-12-8(14-9)6-2-1-3-7(11)4-6/h1-5H. The van der Waals surface area contributed by atoms with E-state index in [1.54, 1.807) is 12.1 Å². The van der Waals surface area contributed by atoms with E-state index in [-0.39, 0.29) is 5.82 Å². The molecule has 2 rings (SSSR count). The van der Waals surface area contributed by atoms with Gasteiger partial charge in [-0.2, -0.15) is 0 Å². The maximum Gasteiger partial charge on any atom is 0.200 e. The van der Waals surface area contributed by atoms with Crippen LogP contribution >= 0.6 is 15.9 Å². The van der Waals surface area contributed by atoms with Crippen molar-refractivity contribution in [2.24, 2.45) is 0 Å². The molecule has 70 valence electrons. The predicted molar refractivity (Wildman–Crippen MR) is 52.9 cm³/mol. The average Bonchev–Trinajstić information content (AvgIpc) is 2.18. The molecule has 0 aliphatic rings. The molecule has 0 spiro atoms. The second kappa shape index (κ2) is 3.79. The first-order chi connectivity index (χ1) is 6.75. The topological polar surface area (TPSA) is 38.7 Å². The number of hydrogen-bond donors (Lipinski definition) is 0. The Balaban J connectivity index is 2.49. The van der Waals surface area contributed by atoms with Gasteiger partial charge in [0.05, 0.1) is 0 Å². The molecule has 0 bridgehead atoms. The molecule has 1 aromatic heterocycles. The van der Waals surface area contributed by atoms with Gasteiger partial charge in [-0.15, -0.1) is 0 Å². The zero-order valence-electron chi connectivity index (χ0n) is 6.98. The van der Waals surface area contributed by atoms with Gasteiger partial charge < -0.3 is 0 Å². The van der Waals surface area contributed by atoms with E-state index < -0.39 is 0 Å². The Morgan fingerprint density at radius 2 is 2.07 bits per heavy atom. The molecule has 0 aliphatic carbocycles. The van der Waals surface area contributed by atoms with E-state index in [4.69, 9.17) is 0 Å². The Hall–Kier alpha value is -1.36. The maximum atomic E-state index is 12.9. The van der Waals surface area contributed by atoms with E-state index in [1.165, 1.54) is 18.5 Å². The van der Waals surface area contributed by atoms with Crippen molar-refractivity contribution in [3.63, 3.8) is 0 Å². The van der Waals surface area contributed by atoms with Crippen LogP contribution in [0, 0.1) is 5.82 Å². The number of nitrogens with zero attached hydrogens (tertiary/aromatic N) is 3. The third-order valence-electron chi connectivity index (χ3n) is 1.63. The zero-order valence-corrected chi connectivity index (χ0v) is 8.57. The van der Waals surface area contributed by atoms with Gasteiger partial charge in [-0.05, 0) is 28.1 Å². The Morgan fingerprint density at radius 3 is 2.79 bits per heavy atom. The highest BCUT2D eigenvalue weighted by Crippen LogP contribution is 2.15. The normalized spacial score (nSPS) is 10.1. The summed E-state index contributed by atoms with van der Waals surface area (Å²) in [6.45, 7) is 0. The molecule has 3 nitrogen and oxygen atoms in total. The van der Waals surface area contributed by atoms with Crippen LogP contribution in [0.4, 0.5) is 4.39 Å².